The van der Waals surface area contributed by atoms with Crippen LogP contribution in [0.3, 0.4) is 0 Å². The molecule has 0 aromatic carbocycles. The molecule has 1 aromatic rings. The van der Waals surface area contributed by atoms with Crippen molar-refractivity contribution in [1.29, 1.82) is 0 Å². The molecule has 1 fully saturated rings. The van der Waals surface area contributed by atoms with Crippen LogP contribution in [0.2, 0.25) is 0 Å². The zero-order chi connectivity index (χ0) is 10.7. The van der Waals surface area contributed by atoms with E-state index in [4.69, 9.17) is 10.5 Å². The lowest BCUT2D eigenvalue weighted by Gasteiger charge is -2.33. The van der Waals surface area contributed by atoms with Gasteiger partial charge in [-0.1, -0.05) is 6.07 Å². The van der Waals surface area contributed by atoms with Gasteiger partial charge in [0.25, 0.3) is 0 Å². The van der Waals surface area contributed by atoms with Crippen molar-refractivity contribution in [3.05, 3.63) is 23.9 Å². The molecule has 0 amide bonds. The van der Waals surface area contributed by atoms with Crippen molar-refractivity contribution in [2.45, 2.75) is 13.0 Å². The van der Waals surface area contributed by atoms with Crippen LogP contribution in [-0.2, 0) is 4.74 Å². The largest absolute Gasteiger partial charge is 0.373 e. The van der Waals surface area contributed by atoms with Gasteiger partial charge in [-0.15, -0.1) is 0 Å². The number of pyridine rings is 1. The number of hydrogen-bond donors (Lipinski definition) is 1. The molecule has 0 aliphatic carbocycles. The molecule has 1 aliphatic heterocycles. The van der Waals surface area contributed by atoms with Crippen LogP contribution >= 0.6 is 0 Å². The van der Waals surface area contributed by atoms with Gasteiger partial charge in [0.2, 0.25) is 0 Å². The Morgan fingerprint density at radius 3 is 3.13 bits per heavy atom. The molecule has 2 heterocycles. The smallest absolute Gasteiger partial charge is 0.128 e. The molecule has 0 spiro atoms. The number of morpholine rings is 1. The number of hydrogen-bond acceptors (Lipinski definition) is 4. The average molecular weight is 207 g/mol. The first-order valence-corrected chi connectivity index (χ1v) is 5.29. The second kappa shape index (κ2) is 4.59. The molecule has 1 aliphatic rings. The topological polar surface area (TPSA) is 51.4 Å². The van der Waals surface area contributed by atoms with Gasteiger partial charge in [-0.3, -0.25) is 0 Å². The van der Waals surface area contributed by atoms with Crippen molar-refractivity contribution in [1.82, 2.24) is 4.98 Å². The Balaban J connectivity index is 2.06. The minimum absolute atomic E-state index is 0.141. The summed E-state index contributed by atoms with van der Waals surface area (Å²) >= 11 is 0. The predicted molar refractivity (Wildman–Crippen MR) is 60.0 cm³/mol. The first-order valence-electron chi connectivity index (χ1n) is 5.29. The van der Waals surface area contributed by atoms with Gasteiger partial charge in [0.1, 0.15) is 5.82 Å². The molecule has 1 saturated heterocycles. The lowest BCUT2D eigenvalue weighted by molar-refractivity contribution is 0.0463. The van der Waals surface area contributed by atoms with E-state index in [9.17, 15) is 0 Å². The molecule has 4 nitrogen and oxygen atoms in total. The van der Waals surface area contributed by atoms with Gasteiger partial charge in [-0.05, 0) is 18.6 Å². The summed E-state index contributed by atoms with van der Waals surface area (Å²) in [7, 11) is 0. The van der Waals surface area contributed by atoms with E-state index in [0.29, 0.717) is 6.54 Å². The molecule has 4 heteroatoms. The number of nitrogens with two attached hydrogens (primary N) is 1. The second-order valence-corrected chi connectivity index (χ2v) is 3.87. The molecule has 1 unspecified atom stereocenters. The van der Waals surface area contributed by atoms with Gasteiger partial charge in [0.05, 0.1) is 12.7 Å². The third-order valence-electron chi connectivity index (χ3n) is 2.62. The Labute approximate surface area is 90.0 Å². The normalized spacial score (nSPS) is 21.7. The number of aryl methyl sites for hydroxylation is 1. The number of nitrogens with zero attached hydrogens (tertiary/aromatic N) is 2. The summed E-state index contributed by atoms with van der Waals surface area (Å²) in [6.07, 6.45) is 2.03. The quantitative estimate of drug-likeness (QED) is 0.769. The third kappa shape index (κ3) is 2.46. The van der Waals surface area contributed by atoms with E-state index in [0.717, 1.165) is 25.5 Å². The van der Waals surface area contributed by atoms with Gasteiger partial charge >= 0.3 is 0 Å². The zero-order valence-corrected chi connectivity index (χ0v) is 9.02. The lowest BCUT2D eigenvalue weighted by atomic mass is 10.2. The maximum atomic E-state index is 5.60. The van der Waals surface area contributed by atoms with Crippen molar-refractivity contribution in [2.75, 3.05) is 31.1 Å². The summed E-state index contributed by atoms with van der Waals surface area (Å²) in [4.78, 5) is 6.62. The summed E-state index contributed by atoms with van der Waals surface area (Å²) in [6.45, 7) is 5.08. The fraction of sp³-hybridized carbons (Fsp3) is 0.545. The summed E-state index contributed by atoms with van der Waals surface area (Å²) in [5.41, 5.74) is 6.78. The SMILES string of the molecule is Cc1ccc(N2CCOC(CN)C2)nc1. The van der Waals surface area contributed by atoms with Gasteiger partial charge in [0, 0.05) is 25.8 Å². The third-order valence-corrected chi connectivity index (χ3v) is 2.62. The van der Waals surface area contributed by atoms with E-state index in [-0.39, 0.29) is 6.10 Å². The number of ether oxygens (including phenoxy) is 1. The van der Waals surface area contributed by atoms with Crippen LogP contribution in [0.1, 0.15) is 5.56 Å². The fourth-order valence-electron chi connectivity index (χ4n) is 1.72. The van der Waals surface area contributed by atoms with Crippen LogP contribution in [0.15, 0.2) is 18.3 Å². The Hall–Kier alpha value is -1.13. The number of rotatable bonds is 2. The fourth-order valence-corrected chi connectivity index (χ4v) is 1.72. The van der Waals surface area contributed by atoms with E-state index in [2.05, 4.69) is 16.0 Å². The van der Waals surface area contributed by atoms with Crippen molar-refractivity contribution in [3.8, 4) is 0 Å². The summed E-state index contributed by atoms with van der Waals surface area (Å²) in [5.74, 6) is 1.02. The van der Waals surface area contributed by atoms with E-state index in [1.807, 2.05) is 19.2 Å². The van der Waals surface area contributed by atoms with E-state index >= 15 is 0 Å². The highest BCUT2D eigenvalue weighted by Crippen LogP contribution is 2.14. The average Bonchev–Trinajstić information content (AvgIpc) is 2.30. The zero-order valence-electron chi connectivity index (χ0n) is 9.02. The van der Waals surface area contributed by atoms with Crippen LogP contribution in [0.5, 0.6) is 0 Å². The highest BCUT2D eigenvalue weighted by molar-refractivity contribution is 5.39. The minimum atomic E-state index is 0.141. The Bertz CT molecular complexity index is 312. The Morgan fingerprint density at radius 2 is 2.47 bits per heavy atom. The maximum absolute atomic E-state index is 5.60. The van der Waals surface area contributed by atoms with Crippen LogP contribution in [0, 0.1) is 6.92 Å². The van der Waals surface area contributed by atoms with Crippen LogP contribution < -0.4 is 10.6 Å². The second-order valence-electron chi connectivity index (χ2n) is 3.87. The maximum Gasteiger partial charge on any atom is 0.128 e. The summed E-state index contributed by atoms with van der Waals surface area (Å²) < 4.78 is 5.51. The summed E-state index contributed by atoms with van der Waals surface area (Å²) in [5, 5.41) is 0. The van der Waals surface area contributed by atoms with Crippen molar-refractivity contribution >= 4 is 5.82 Å². The van der Waals surface area contributed by atoms with Gasteiger partial charge < -0.3 is 15.4 Å². The van der Waals surface area contributed by atoms with Gasteiger partial charge in [-0.2, -0.15) is 0 Å². The first-order chi connectivity index (χ1) is 7.29. The van der Waals surface area contributed by atoms with Crippen LogP contribution in [0.4, 0.5) is 5.82 Å². The molecular formula is C11H17N3O. The molecule has 82 valence electrons. The van der Waals surface area contributed by atoms with E-state index in [1.54, 1.807) is 0 Å². The van der Waals surface area contributed by atoms with E-state index in [1.165, 1.54) is 5.56 Å². The molecule has 2 N–H and O–H groups in total. The van der Waals surface area contributed by atoms with Crippen molar-refractivity contribution in [2.24, 2.45) is 5.73 Å². The number of anilines is 1. The van der Waals surface area contributed by atoms with Crippen LogP contribution in [-0.4, -0.2) is 37.3 Å². The molecular weight excluding hydrogens is 190 g/mol. The number of aromatic nitrogens is 1. The van der Waals surface area contributed by atoms with E-state index < -0.39 is 0 Å². The first kappa shape index (κ1) is 10.4. The standard InChI is InChI=1S/C11H17N3O/c1-9-2-3-11(13-7-9)14-4-5-15-10(6-12)8-14/h2-3,7,10H,4-6,8,12H2,1H3. The monoisotopic (exact) mass is 207 g/mol. The summed E-state index contributed by atoms with van der Waals surface area (Å²) in [6, 6.07) is 4.13. The van der Waals surface area contributed by atoms with Crippen molar-refractivity contribution < 1.29 is 4.74 Å². The molecule has 0 radical (unpaired) electrons. The molecule has 2 rings (SSSR count). The van der Waals surface area contributed by atoms with Gasteiger partial charge in [0.15, 0.2) is 0 Å². The van der Waals surface area contributed by atoms with Gasteiger partial charge in [-0.25, -0.2) is 4.98 Å². The molecule has 1 atom stereocenters. The molecule has 15 heavy (non-hydrogen) atoms. The minimum Gasteiger partial charge on any atom is -0.373 e. The van der Waals surface area contributed by atoms with Crippen molar-refractivity contribution in [3.63, 3.8) is 0 Å². The highest BCUT2D eigenvalue weighted by Gasteiger charge is 2.19. The Kier molecular flexibility index (Phi) is 3.18. The molecule has 1 aromatic heterocycles. The lowest BCUT2D eigenvalue weighted by Crippen LogP contribution is -2.46. The Morgan fingerprint density at radius 1 is 1.60 bits per heavy atom. The molecule has 0 bridgehead atoms. The molecule has 0 saturated carbocycles. The highest BCUT2D eigenvalue weighted by atomic mass is 16.5. The van der Waals surface area contributed by atoms with Crippen LogP contribution in [0.25, 0.3) is 0 Å². The predicted octanol–water partition coefficient (Wildman–Crippen LogP) is 0.554.